The predicted molar refractivity (Wildman–Crippen MR) is 117 cm³/mol. The van der Waals surface area contributed by atoms with Crippen LogP contribution < -0.4 is 20.5 Å². The van der Waals surface area contributed by atoms with Crippen molar-refractivity contribution in [3.8, 4) is 17.2 Å². The molecule has 0 aliphatic carbocycles. The number of methoxy groups -OCH3 is 1. The Balaban J connectivity index is 1.68. The van der Waals surface area contributed by atoms with E-state index in [9.17, 15) is 8.42 Å². The van der Waals surface area contributed by atoms with Gasteiger partial charge in [0.15, 0.2) is 11.6 Å². The Hall–Kier alpha value is -2.59. The number of anilines is 2. The van der Waals surface area contributed by atoms with Crippen LogP contribution in [0, 0.1) is 0 Å². The smallest absolute Gasteiger partial charge is 0.225 e. The number of piperidine rings is 1. The summed E-state index contributed by atoms with van der Waals surface area (Å²) in [6, 6.07) is 5.70. The van der Waals surface area contributed by atoms with Crippen LogP contribution in [0.2, 0.25) is 0 Å². The van der Waals surface area contributed by atoms with Crippen LogP contribution in [0.4, 0.5) is 11.8 Å². The van der Waals surface area contributed by atoms with Crippen molar-refractivity contribution < 1.29 is 17.9 Å². The molecule has 3 rings (SSSR count). The van der Waals surface area contributed by atoms with Crippen LogP contribution >= 0.6 is 0 Å². The molecule has 0 radical (unpaired) electrons. The topological polar surface area (TPSA) is 120 Å². The normalized spacial score (nSPS) is 15.9. The molecule has 1 aliphatic heterocycles. The van der Waals surface area contributed by atoms with Gasteiger partial charge in [-0.3, -0.25) is 0 Å². The molecule has 0 amide bonds. The molecule has 1 saturated heterocycles. The molecular weight excluding hydrogens is 406 g/mol. The number of nitrogens with two attached hydrogens (primary N) is 1. The Bertz CT molecular complexity index is 989. The van der Waals surface area contributed by atoms with E-state index in [1.165, 1.54) is 10.6 Å². The van der Waals surface area contributed by atoms with Gasteiger partial charge in [-0.2, -0.15) is 4.98 Å². The highest BCUT2D eigenvalue weighted by atomic mass is 32.2. The molecule has 3 N–H and O–H groups in total. The molecule has 0 saturated carbocycles. The molecule has 164 valence electrons. The van der Waals surface area contributed by atoms with E-state index in [1.54, 1.807) is 13.3 Å². The number of benzene rings is 1. The number of rotatable bonds is 7. The lowest BCUT2D eigenvalue weighted by Gasteiger charge is -2.30. The van der Waals surface area contributed by atoms with Crippen molar-refractivity contribution in [1.29, 1.82) is 0 Å². The summed E-state index contributed by atoms with van der Waals surface area (Å²) in [5.41, 5.74) is 7.10. The lowest BCUT2D eigenvalue weighted by Crippen LogP contribution is -2.42. The highest BCUT2D eigenvalue weighted by molar-refractivity contribution is 7.88. The summed E-state index contributed by atoms with van der Waals surface area (Å²) in [6.07, 6.45) is 4.14. The molecule has 9 nitrogen and oxygen atoms in total. The average molecular weight is 436 g/mol. The van der Waals surface area contributed by atoms with Gasteiger partial charge in [0.25, 0.3) is 0 Å². The molecule has 0 unspecified atom stereocenters. The zero-order valence-corrected chi connectivity index (χ0v) is 18.6. The Morgan fingerprint density at radius 3 is 2.50 bits per heavy atom. The fraction of sp³-hybridized carbons (Fsp3) is 0.500. The van der Waals surface area contributed by atoms with Gasteiger partial charge < -0.3 is 20.5 Å². The summed E-state index contributed by atoms with van der Waals surface area (Å²) in [4.78, 5) is 8.64. The molecule has 0 bridgehead atoms. The summed E-state index contributed by atoms with van der Waals surface area (Å²) >= 11 is 0. The van der Waals surface area contributed by atoms with E-state index in [1.807, 2.05) is 18.2 Å². The first kappa shape index (κ1) is 22.1. The molecule has 0 atom stereocenters. The summed E-state index contributed by atoms with van der Waals surface area (Å²) in [7, 11) is -1.52. The molecule has 10 heteroatoms. The van der Waals surface area contributed by atoms with Gasteiger partial charge in [0.05, 0.1) is 19.6 Å². The summed E-state index contributed by atoms with van der Waals surface area (Å²) in [5.74, 6) is 2.67. The van der Waals surface area contributed by atoms with Crippen molar-refractivity contribution >= 4 is 21.8 Å². The van der Waals surface area contributed by atoms with Crippen molar-refractivity contribution in [3.63, 3.8) is 0 Å². The molecule has 2 aromatic rings. The van der Waals surface area contributed by atoms with E-state index >= 15 is 0 Å². The first-order valence-corrected chi connectivity index (χ1v) is 11.7. The SMILES string of the molecule is COc1ccc(Oc2cnc(NC3CCN(S(C)(=O)=O)CC3)nc2N)c(C(C)C)c1. The van der Waals surface area contributed by atoms with E-state index < -0.39 is 10.0 Å². The van der Waals surface area contributed by atoms with Gasteiger partial charge in [-0.15, -0.1) is 0 Å². The zero-order chi connectivity index (χ0) is 21.9. The van der Waals surface area contributed by atoms with Gasteiger partial charge in [-0.25, -0.2) is 17.7 Å². The maximum absolute atomic E-state index is 11.6. The first-order chi connectivity index (χ1) is 14.2. The Morgan fingerprint density at radius 2 is 1.93 bits per heavy atom. The summed E-state index contributed by atoms with van der Waals surface area (Å²) < 4.78 is 36.0. The monoisotopic (exact) mass is 435 g/mol. The van der Waals surface area contributed by atoms with Crippen molar-refractivity contribution in [2.24, 2.45) is 0 Å². The molecule has 1 aromatic carbocycles. The standard InChI is InChI=1S/C20H29N5O4S/c1-13(2)16-11-15(28-3)5-6-17(16)29-18-12-22-20(24-19(18)21)23-14-7-9-25(10-8-14)30(4,26)27/h5-6,11-14H,7-10H2,1-4H3,(H3,21,22,23,24). The number of sulfonamides is 1. The quantitative estimate of drug-likeness (QED) is 0.681. The molecule has 0 spiro atoms. The molecule has 30 heavy (non-hydrogen) atoms. The van der Waals surface area contributed by atoms with Crippen LogP contribution in [0.15, 0.2) is 24.4 Å². The van der Waals surface area contributed by atoms with E-state index in [4.69, 9.17) is 15.2 Å². The van der Waals surface area contributed by atoms with Crippen LogP contribution in [0.3, 0.4) is 0 Å². The Kier molecular flexibility index (Phi) is 6.67. The number of nitrogens with one attached hydrogen (secondary N) is 1. The van der Waals surface area contributed by atoms with Crippen LogP contribution in [0.25, 0.3) is 0 Å². The number of hydrogen-bond donors (Lipinski definition) is 2. The minimum Gasteiger partial charge on any atom is -0.497 e. The number of aromatic nitrogens is 2. The second-order valence-corrected chi connectivity index (χ2v) is 9.67. The Labute approximate surface area is 177 Å². The number of nitrogen functional groups attached to an aromatic ring is 1. The summed E-state index contributed by atoms with van der Waals surface area (Å²) in [5, 5.41) is 3.23. The van der Waals surface area contributed by atoms with Crippen molar-refractivity contribution in [2.45, 2.75) is 38.6 Å². The third-order valence-corrected chi connectivity index (χ3v) is 6.40. The van der Waals surface area contributed by atoms with Crippen molar-refractivity contribution in [2.75, 3.05) is 37.5 Å². The third-order valence-electron chi connectivity index (χ3n) is 5.10. The molecule has 1 fully saturated rings. The number of ether oxygens (including phenoxy) is 2. The molecular formula is C20H29N5O4S. The van der Waals surface area contributed by atoms with Crippen LogP contribution in [0.5, 0.6) is 17.2 Å². The second-order valence-electron chi connectivity index (χ2n) is 7.68. The van der Waals surface area contributed by atoms with Gasteiger partial charge in [0.2, 0.25) is 16.0 Å². The lowest BCUT2D eigenvalue weighted by atomic mass is 10.0. The molecule has 2 heterocycles. The lowest BCUT2D eigenvalue weighted by molar-refractivity contribution is 0.331. The fourth-order valence-corrected chi connectivity index (χ4v) is 4.24. The van der Waals surface area contributed by atoms with Gasteiger partial charge in [-0.1, -0.05) is 13.8 Å². The van der Waals surface area contributed by atoms with Crippen LogP contribution in [0.1, 0.15) is 38.2 Å². The third kappa shape index (κ3) is 5.31. The summed E-state index contributed by atoms with van der Waals surface area (Å²) in [6.45, 7) is 5.10. The average Bonchev–Trinajstić information content (AvgIpc) is 2.70. The maximum Gasteiger partial charge on any atom is 0.225 e. The van der Waals surface area contributed by atoms with Crippen LogP contribution in [-0.4, -0.2) is 55.2 Å². The largest absolute Gasteiger partial charge is 0.497 e. The molecule has 1 aliphatic rings. The van der Waals surface area contributed by atoms with Crippen LogP contribution in [-0.2, 0) is 10.0 Å². The maximum atomic E-state index is 11.6. The fourth-order valence-electron chi connectivity index (χ4n) is 3.36. The minimum atomic E-state index is -3.15. The predicted octanol–water partition coefficient (Wildman–Crippen LogP) is 2.82. The van der Waals surface area contributed by atoms with Crippen molar-refractivity contribution in [3.05, 3.63) is 30.0 Å². The molecule has 1 aromatic heterocycles. The number of hydrogen-bond acceptors (Lipinski definition) is 8. The second kappa shape index (κ2) is 9.05. The minimum absolute atomic E-state index is 0.0864. The van der Waals surface area contributed by atoms with Gasteiger partial charge in [0, 0.05) is 24.7 Å². The zero-order valence-electron chi connectivity index (χ0n) is 17.8. The highest BCUT2D eigenvalue weighted by Crippen LogP contribution is 2.35. The van der Waals surface area contributed by atoms with Gasteiger partial charge in [-0.05, 0) is 37.0 Å². The number of nitrogens with zero attached hydrogens (tertiary/aromatic N) is 3. The van der Waals surface area contributed by atoms with Gasteiger partial charge >= 0.3 is 0 Å². The highest BCUT2D eigenvalue weighted by Gasteiger charge is 2.25. The van der Waals surface area contributed by atoms with E-state index in [-0.39, 0.29) is 17.8 Å². The van der Waals surface area contributed by atoms with E-state index in [2.05, 4.69) is 29.1 Å². The van der Waals surface area contributed by atoms with E-state index in [0.717, 1.165) is 11.3 Å². The first-order valence-electron chi connectivity index (χ1n) is 9.87. The van der Waals surface area contributed by atoms with Crippen molar-refractivity contribution in [1.82, 2.24) is 14.3 Å². The van der Waals surface area contributed by atoms with E-state index in [0.29, 0.717) is 43.4 Å². The Morgan fingerprint density at radius 1 is 1.23 bits per heavy atom. The van der Waals surface area contributed by atoms with Gasteiger partial charge in [0.1, 0.15) is 11.5 Å².